The van der Waals surface area contributed by atoms with Gasteiger partial charge in [-0.05, 0) is 25.7 Å². The maximum Gasteiger partial charge on any atom is 0.326 e. The molecule has 34 heavy (non-hydrogen) atoms. The number of carbonyl (C=O) groups is 7. The van der Waals surface area contributed by atoms with Gasteiger partial charge < -0.3 is 42.9 Å². The summed E-state index contributed by atoms with van der Waals surface area (Å²) in [7, 11) is 0. The van der Waals surface area contributed by atoms with Crippen molar-refractivity contribution in [3.8, 4) is 0 Å². The number of hydrogen-bond acceptors (Lipinski definition) is 8. The lowest BCUT2D eigenvalue weighted by atomic mass is 10.1. The second-order valence-corrected chi connectivity index (χ2v) is 7.86. The first-order valence-corrected chi connectivity index (χ1v) is 10.5. The molecule has 1 rings (SSSR count). The molecular formula is C19H30N6O9. The zero-order chi connectivity index (χ0) is 26.0. The molecule has 0 aromatic carbocycles. The molecule has 0 spiro atoms. The van der Waals surface area contributed by atoms with E-state index in [1.807, 2.05) is 5.32 Å². The van der Waals surface area contributed by atoms with Gasteiger partial charge in [-0.2, -0.15) is 0 Å². The molecule has 15 nitrogen and oxygen atoms in total. The Kier molecular flexibility index (Phi) is 10.9. The fourth-order valence-corrected chi connectivity index (χ4v) is 3.41. The van der Waals surface area contributed by atoms with Gasteiger partial charge in [0.15, 0.2) is 0 Å². The van der Waals surface area contributed by atoms with Crippen molar-refractivity contribution in [3.63, 3.8) is 0 Å². The van der Waals surface area contributed by atoms with Crippen LogP contribution in [0.2, 0.25) is 0 Å². The smallest absolute Gasteiger partial charge is 0.326 e. The SMILES string of the molecule is NC(=O)CCC(N)C(=O)N1CCCC1C(=O)NC(CCC(N)=O)C(=O)NC(CC(=O)O)C(=O)O. The highest BCUT2D eigenvalue weighted by Gasteiger charge is 2.38. The maximum atomic E-state index is 12.9. The summed E-state index contributed by atoms with van der Waals surface area (Å²) in [5.74, 6) is -6.86. The first-order valence-electron chi connectivity index (χ1n) is 10.5. The van der Waals surface area contributed by atoms with Gasteiger partial charge >= 0.3 is 11.9 Å². The van der Waals surface area contributed by atoms with Crippen LogP contribution in [0.4, 0.5) is 0 Å². The van der Waals surface area contributed by atoms with E-state index in [-0.39, 0.29) is 38.6 Å². The van der Waals surface area contributed by atoms with E-state index in [0.717, 1.165) is 0 Å². The van der Waals surface area contributed by atoms with Crippen molar-refractivity contribution in [2.24, 2.45) is 17.2 Å². The van der Waals surface area contributed by atoms with E-state index in [1.54, 1.807) is 0 Å². The van der Waals surface area contributed by atoms with Gasteiger partial charge in [0.05, 0.1) is 12.5 Å². The number of likely N-dealkylation sites (tertiary alicyclic amines) is 1. The first-order chi connectivity index (χ1) is 15.8. The largest absolute Gasteiger partial charge is 0.481 e. The van der Waals surface area contributed by atoms with E-state index in [0.29, 0.717) is 6.42 Å². The number of carbonyl (C=O) groups excluding carboxylic acids is 5. The van der Waals surface area contributed by atoms with Gasteiger partial charge in [0.1, 0.15) is 18.1 Å². The normalized spacial score (nSPS) is 17.8. The van der Waals surface area contributed by atoms with Crippen LogP contribution >= 0.6 is 0 Å². The standard InChI is InChI=1S/C19H30N6O9/c20-9(3-5-13(21)26)18(32)25-7-1-2-12(25)17(31)23-10(4-6-14(22)27)16(30)24-11(19(33)34)8-15(28)29/h9-12H,1-8,20H2,(H2,21,26)(H2,22,27)(H,23,31)(H,24,30)(H,28,29)(H,33,34). The number of nitrogens with one attached hydrogen (secondary N) is 2. The number of carboxylic acid groups (broad SMARTS) is 2. The molecule has 15 heteroatoms. The van der Waals surface area contributed by atoms with E-state index < -0.39 is 72.1 Å². The molecule has 0 aliphatic carbocycles. The lowest BCUT2D eigenvalue weighted by Crippen LogP contribution is -2.57. The van der Waals surface area contributed by atoms with Gasteiger partial charge in [0.25, 0.3) is 0 Å². The number of nitrogens with two attached hydrogens (primary N) is 3. The topological polar surface area (TPSA) is 265 Å². The van der Waals surface area contributed by atoms with Crippen molar-refractivity contribution in [3.05, 3.63) is 0 Å². The third-order valence-corrected chi connectivity index (χ3v) is 5.16. The van der Waals surface area contributed by atoms with Crippen LogP contribution in [0.5, 0.6) is 0 Å². The number of primary amides is 2. The van der Waals surface area contributed by atoms with Gasteiger partial charge in [-0.1, -0.05) is 0 Å². The highest BCUT2D eigenvalue weighted by Crippen LogP contribution is 2.19. The molecule has 1 fully saturated rings. The average molecular weight is 486 g/mol. The van der Waals surface area contributed by atoms with Gasteiger partial charge in [0.2, 0.25) is 29.5 Å². The predicted octanol–water partition coefficient (Wildman–Crippen LogP) is -3.64. The summed E-state index contributed by atoms with van der Waals surface area (Å²) >= 11 is 0. The molecule has 190 valence electrons. The number of carboxylic acids is 2. The fraction of sp³-hybridized carbons (Fsp3) is 0.632. The molecular weight excluding hydrogens is 456 g/mol. The summed E-state index contributed by atoms with van der Waals surface area (Å²) in [6.07, 6.45) is -0.945. The first kappa shape index (κ1) is 28.3. The molecule has 10 N–H and O–H groups in total. The molecule has 1 heterocycles. The Hall–Kier alpha value is -3.75. The molecule has 0 bridgehead atoms. The average Bonchev–Trinajstić information content (AvgIpc) is 3.23. The minimum atomic E-state index is -1.77. The van der Waals surface area contributed by atoms with Crippen molar-refractivity contribution in [2.75, 3.05) is 6.54 Å². The van der Waals surface area contributed by atoms with E-state index in [1.165, 1.54) is 4.90 Å². The van der Waals surface area contributed by atoms with Gasteiger partial charge in [0, 0.05) is 19.4 Å². The highest BCUT2D eigenvalue weighted by atomic mass is 16.4. The minimum absolute atomic E-state index is 0.0111. The zero-order valence-corrected chi connectivity index (χ0v) is 18.4. The summed E-state index contributed by atoms with van der Waals surface area (Å²) in [4.78, 5) is 83.5. The Morgan fingerprint density at radius 2 is 1.50 bits per heavy atom. The summed E-state index contributed by atoms with van der Waals surface area (Å²) in [6.45, 7) is 0.207. The minimum Gasteiger partial charge on any atom is -0.481 e. The third-order valence-electron chi connectivity index (χ3n) is 5.16. The van der Waals surface area contributed by atoms with Gasteiger partial charge in [-0.25, -0.2) is 4.79 Å². The number of aliphatic carboxylic acids is 2. The number of hydrogen-bond donors (Lipinski definition) is 7. The lowest BCUT2D eigenvalue weighted by molar-refractivity contribution is -0.147. The van der Waals surface area contributed by atoms with Gasteiger partial charge in [-0.3, -0.25) is 28.8 Å². The van der Waals surface area contributed by atoms with Crippen molar-refractivity contribution in [1.29, 1.82) is 0 Å². The molecule has 1 aliphatic rings. The molecule has 0 radical (unpaired) electrons. The van der Waals surface area contributed by atoms with Crippen LogP contribution in [0.1, 0.15) is 44.9 Å². The van der Waals surface area contributed by atoms with Crippen LogP contribution in [0, 0.1) is 0 Å². The Labute approximate surface area is 194 Å². The van der Waals surface area contributed by atoms with Crippen LogP contribution in [0.25, 0.3) is 0 Å². The quantitative estimate of drug-likeness (QED) is 0.126. The Morgan fingerprint density at radius 3 is 2.03 bits per heavy atom. The predicted molar refractivity (Wildman–Crippen MR) is 113 cm³/mol. The highest BCUT2D eigenvalue weighted by molar-refractivity contribution is 5.95. The molecule has 0 aromatic heterocycles. The fourth-order valence-electron chi connectivity index (χ4n) is 3.41. The second-order valence-electron chi connectivity index (χ2n) is 7.86. The number of amides is 5. The molecule has 0 saturated carbocycles. The van der Waals surface area contributed by atoms with E-state index in [4.69, 9.17) is 27.4 Å². The second kappa shape index (κ2) is 13.1. The number of rotatable bonds is 14. The molecule has 4 atom stereocenters. The Bertz CT molecular complexity index is 833. The zero-order valence-electron chi connectivity index (χ0n) is 18.4. The summed E-state index contributed by atoms with van der Waals surface area (Å²) in [5.41, 5.74) is 16.0. The van der Waals surface area contributed by atoms with Crippen LogP contribution < -0.4 is 27.8 Å². The monoisotopic (exact) mass is 486 g/mol. The third kappa shape index (κ3) is 9.01. The lowest BCUT2D eigenvalue weighted by Gasteiger charge is -2.28. The van der Waals surface area contributed by atoms with Crippen molar-refractivity contribution in [1.82, 2.24) is 15.5 Å². The molecule has 4 unspecified atom stereocenters. The molecule has 0 aromatic rings. The summed E-state index contributed by atoms with van der Waals surface area (Å²) in [5, 5.41) is 22.3. The summed E-state index contributed by atoms with van der Waals surface area (Å²) in [6, 6.07) is -5.25. The van der Waals surface area contributed by atoms with Crippen molar-refractivity contribution < 1.29 is 43.8 Å². The Morgan fingerprint density at radius 1 is 0.912 bits per heavy atom. The van der Waals surface area contributed by atoms with Gasteiger partial charge in [-0.15, -0.1) is 0 Å². The van der Waals surface area contributed by atoms with E-state index >= 15 is 0 Å². The van der Waals surface area contributed by atoms with Crippen molar-refractivity contribution in [2.45, 2.75) is 69.1 Å². The van der Waals surface area contributed by atoms with E-state index in [9.17, 15) is 33.6 Å². The molecule has 5 amide bonds. The maximum absolute atomic E-state index is 12.9. The molecule has 1 saturated heterocycles. The molecule has 1 aliphatic heterocycles. The Balaban J connectivity index is 2.93. The number of nitrogens with zero attached hydrogens (tertiary/aromatic N) is 1. The summed E-state index contributed by atoms with van der Waals surface area (Å²) < 4.78 is 0. The van der Waals surface area contributed by atoms with E-state index in [2.05, 4.69) is 5.32 Å². The van der Waals surface area contributed by atoms with Crippen LogP contribution in [0.15, 0.2) is 0 Å². The van der Waals surface area contributed by atoms with Crippen LogP contribution in [-0.4, -0.2) is 87.3 Å². The van der Waals surface area contributed by atoms with Crippen LogP contribution in [0.3, 0.4) is 0 Å². The van der Waals surface area contributed by atoms with Crippen LogP contribution in [-0.2, 0) is 33.6 Å². The van der Waals surface area contributed by atoms with Crippen molar-refractivity contribution >= 4 is 41.5 Å².